The Labute approximate surface area is 109 Å². The maximum Gasteiger partial charge on any atom is 0.252 e. The van der Waals surface area contributed by atoms with E-state index in [0.717, 1.165) is 10.9 Å². The molecule has 19 heavy (non-hydrogen) atoms. The maximum atomic E-state index is 12.0. The molecule has 2 heterocycles. The SMILES string of the molecule is CC1(c2ccc3ccccc3n2)OC(N)=C(O)C1=O. The van der Waals surface area contributed by atoms with Crippen LogP contribution in [0.4, 0.5) is 0 Å². The lowest BCUT2D eigenvalue weighted by atomic mass is 9.95. The quantitative estimate of drug-likeness (QED) is 0.811. The van der Waals surface area contributed by atoms with E-state index in [9.17, 15) is 9.90 Å². The van der Waals surface area contributed by atoms with Gasteiger partial charge in [-0.25, -0.2) is 4.98 Å². The zero-order valence-corrected chi connectivity index (χ0v) is 10.3. The average Bonchev–Trinajstić information content (AvgIpc) is 2.63. The van der Waals surface area contributed by atoms with Gasteiger partial charge in [-0.3, -0.25) is 4.79 Å². The third-order valence-electron chi connectivity index (χ3n) is 3.28. The predicted octanol–water partition coefficient (Wildman–Crippen LogP) is 1.74. The number of Topliss-reactive ketones (excluding diaryl/α,β-unsaturated/α-hetero) is 1. The minimum absolute atomic E-state index is 0.262. The fourth-order valence-corrected chi connectivity index (χ4v) is 2.15. The smallest absolute Gasteiger partial charge is 0.252 e. The fourth-order valence-electron chi connectivity index (χ4n) is 2.15. The van der Waals surface area contributed by atoms with Crippen LogP contribution in [0.15, 0.2) is 48.0 Å². The first-order chi connectivity index (χ1) is 9.02. The summed E-state index contributed by atoms with van der Waals surface area (Å²) in [5.74, 6) is -1.38. The van der Waals surface area contributed by atoms with Crippen molar-refractivity contribution in [2.75, 3.05) is 0 Å². The number of para-hydroxylation sites is 1. The van der Waals surface area contributed by atoms with Crippen LogP contribution in [0.25, 0.3) is 10.9 Å². The summed E-state index contributed by atoms with van der Waals surface area (Å²) in [6.07, 6.45) is 0. The molecule has 1 unspecified atom stereocenters. The highest BCUT2D eigenvalue weighted by Gasteiger charge is 2.48. The van der Waals surface area contributed by atoms with Crippen LogP contribution >= 0.6 is 0 Å². The number of nitrogens with zero attached hydrogens (tertiary/aromatic N) is 1. The summed E-state index contributed by atoms with van der Waals surface area (Å²) < 4.78 is 5.30. The molecule has 1 aliphatic heterocycles. The molecule has 1 aliphatic rings. The number of aliphatic hydroxyl groups excluding tert-OH is 1. The number of ether oxygens (including phenoxy) is 1. The first-order valence-corrected chi connectivity index (χ1v) is 5.81. The molecule has 1 aromatic carbocycles. The Morgan fingerprint density at radius 1 is 1.26 bits per heavy atom. The van der Waals surface area contributed by atoms with Crippen molar-refractivity contribution >= 4 is 16.7 Å². The van der Waals surface area contributed by atoms with E-state index in [1.165, 1.54) is 0 Å². The number of carbonyl (C=O) groups excluding carboxylic acids is 1. The average molecular weight is 256 g/mol. The van der Waals surface area contributed by atoms with Crippen molar-refractivity contribution in [3.63, 3.8) is 0 Å². The molecule has 1 aromatic heterocycles. The van der Waals surface area contributed by atoms with Gasteiger partial charge in [0.05, 0.1) is 11.2 Å². The third kappa shape index (κ3) is 1.55. The Bertz CT molecular complexity index is 723. The lowest BCUT2D eigenvalue weighted by Gasteiger charge is -2.21. The molecule has 0 saturated carbocycles. The number of nitrogens with two attached hydrogens (primary N) is 1. The Hall–Kier alpha value is -2.56. The lowest BCUT2D eigenvalue weighted by Crippen LogP contribution is -2.32. The summed E-state index contributed by atoms with van der Waals surface area (Å²) >= 11 is 0. The molecule has 5 heteroatoms. The number of ketones is 1. The van der Waals surface area contributed by atoms with Crippen molar-refractivity contribution in [3.8, 4) is 0 Å². The van der Waals surface area contributed by atoms with Crippen LogP contribution in [0, 0.1) is 0 Å². The highest BCUT2D eigenvalue weighted by Crippen LogP contribution is 2.35. The molecular weight excluding hydrogens is 244 g/mol. The molecule has 0 amide bonds. The Kier molecular flexibility index (Phi) is 2.25. The van der Waals surface area contributed by atoms with E-state index in [4.69, 9.17) is 10.5 Å². The van der Waals surface area contributed by atoms with Crippen molar-refractivity contribution in [2.24, 2.45) is 5.73 Å². The van der Waals surface area contributed by atoms with Gasteiger partial charge in [-0.15, -0.1) is 0 Å². The Morgan fingerprint density at radius 2 is 2.00 bits per heavy atom. The molecule has 3 rings (SSSR count). The standard InChI is InChI=1S/C14H12N2O3/c1-14(12(18)11(17)13(15)19-14)10-7-6-8-4-2-3-5-9(8)16-10/h2-7,17H,15H2,1H3. The third-order valence-corrected chi connectivity index (χ3v) is 3.28. The van der Waals surface area contributed by atoms with E-state index in [1.54, 1.807) is 13.0 Å². The fraction of sp³-hybridized carbons (Fsp3) is 0.143. The van der Waals surface area contributed by atoms with Crippen LogP contribution in [0.5, 0.6) is 0 Å². The molecule has 2 aromatic rings. The van der Waals surface area contributed by atoms with Gasteiger partial charge in [-0.05, 0) is 19.1 Å². The van der Waals surface area contributed by atoms with Crippen molar-refractivity contribution in [2.45, 2.75) is 12.5 Å². The maximum absolute atomic E-state index is 12.0. The van der Waals surface area contributed by atoms with Crippen LogP contribution < -0.4 is 5.73 Å². The number of aromatic nitrogens is 1. The molecule has 5 nitrogen and oxygen atoms in total. The van der Waals surface area contributed by atoms with Crippen molar-refractivity contribution in [1.82, 2.24) is 4.98 Å². The molecule has 0 spiro atoms. The molecule has 0 radical (unpaired) electrons. The number of benzene rings is 1. The van der Waals surface area contributed by atoms with Gasteiger partial charge >= 0.3 is 0 Å². The van der Waals surface area contributed by atoms with Gasteiger partial charge in [0.15, 0.2) is 0 Å². The van der Waals surface area contributed by atoms with Crippen LogP contribution in [0.2, 0.25) is 0 Å². The monoisotopic (exact) mass is 256 g/mol. The van der Waals surface area contributed by atoms with Gasteiger partial charge in [-0.2, -0.15) is 0 Å². The number of hydrogen-bond donors (Lipinski definition) is 2. The second-order valence-electron chi connectivity index (χ2n) is 4.57. The molecule has 0 fully saturated rings. The summed E-state index contributed by atoms with van der Waals surface area (Å²) in [6, 6.07) is 11.1. The molecule has 1 atom stereocenters. The van der Waals surface area contributed by atoms with E-state index in [0.29, 0.717) is 5.69 Å². The minimum Gasteiger partial charge on any atom is -0.501 e. The summed E-state index contributed by atoms with van der Waals surface area (Å²) in [5.41, 5.74) is 5.26. The van der Waals surface area contributed by atoms with Crippen LogP contribution in [-0.4, -0.2) is 15.9 Å². The molecule has 0 bridgehead atoms. The summed E-state index contributed by atoms with van der Waals surface area (Å²) in [4.78, 5) is 16.4. The summed E-state index contributed by atoms with van der Waals surface area (Å²) in [5, 5.41) is 10.5. The minimum atomic E-state index is -1.36. The van der Waals surface area contributed by atoms with E-state index >= 15 is 0 Å². The Balaban J connectivity index is 2.13. The summed E-state index contributed by atoms with van der Waals surface area (Å²) in [6.45, 7) is 1.54. The molecule has 96 valence electrons. The normalized spacial score (nSPS) is 22.9. The first kappa shape index (κ1) is 11.5. The van der Waals surface area contributed by atoms with E-state index in [-0.39, 0.29) is 5.88 Å². The van der Waals surface area contributed by atoms with Gasteiger partial charge in [-0.1, -0.05) is 24.3 Å². The van der Waals surface area contributed by atoms with Crippen molar-refractivity contribution < 1.29 is 14.6 Å². The molecular formula is C14H12N2O3. The number of aliphatic hydroxyl groups is 1. The van der Waals surface area contributed by atoms with Gasteiger partial charge in [0.25, 0.3) is 5.78 Å². The number of fused-ring (bicyclic) bond motifs is 1. The summed E-state index contributed by atoms with van der Waals surface area (Å²) in [7, 11) is 0. The van der Waals surface area contributed by atoms with E-state index in [2.05, 4.69) is 4.98 Å². The predicted molar refractivity (Wildman–Crippen MR) is 69.0 cm³/mol. The second-order valence-corrected chi connectivity index (χ2v) is 4.57. The number of rotatable bonds is 1. The topological polar surface area (TPSA) is 85.4 Å². The molecule has 0 aliphatic carbocycles. The van der Waals surface area contributed by atoms with Crippen molar-refractivity contribution in [3.05, 3.63) is 53.7 Å². The number of hydrogen-bond acceptors (Lipinski definition) is 5. The Morgan fingerprint density at radius 3 is 2.68 bits per heavy atom. The van der Waals surface area contributed by atoms with Gasteiger partial charge < -0.3 is 15.6 Å². The van der Waals surface area contributed by atoms with E-state index < -0.39 is 17.1 Å². The van der Waals surface area contributed by atoms with Crippen LogP contribution in [0.1, 0.15) is 12.6 Å². The first-order valence-electron chi connectivity index (χ1n) is 5.81. The zero-order chi connectivity index (χ0) is 13.6. The van der Waals surface area contributed by atoms with Gasteiger partial charge in [0.2, 0.25) is 17.2 Å². The van der Waals surface area contributed by atoms with Gasteiger partial charge in [0, 0.05) is 5.39 Å². The number of carbonyl (C=O) groups is 1. The van der Waals surface area contributed by atoms with Gasteiger partial charge in [0.1, 0.15) is 0 Å². The number of pyridine rings is 1. The largest absolute Gasteiger partial charge is 0.501 e. The van der Waals surface area contributed by atoms with Crippen LogP contribution in [0.3, 0.4) is 0 Å². The molecule has 3 N–H and O–H groups in total. The van der Waals surface area contributed by atoms with Crippen molar-refractivity contribution in [1.29, 1.82) is 0 Å². The lowest BCUT2D eigenvalue weighted by molar-refractivity contribution is -0.131. The highest BCUT2D eigenvalue weighted by atomic mass is 16.5. The highest BCUT2D eigenvalue weighted by molar-refractivity contribution is 6.02. The second kappa shape index (κ2) is 3.71. The van der Waals surface area contributed by atoms with Crippen LogP contribution in [-0.2, 0) is 15.1 Å². The molecule has 0 saturated heterocycles. The van der Waals surface area contributed by atoms with E-state index in [1.807, 2.05) is 30.3 Å². The zero-order valence-electron chi connectivity index (χ0n) is 10.3.